The number of hydrogen-bond acceptors (Lipinski definition) is 4. The monoisotopic (exact) mass is 354 g/mol. The summed E-state index contributed by atoms with van der Waals surface area (Å²) >= 11 is 0. The van der Waals surface area contributed by atoms with Gasteiger partial charge in [0.05, 0.1) is 16.7 Å². The smallest absolute Gasteiger partial charge is 0.336 e. The molecule has 3 aromatic rings. The highest BCUT2D eigenvalue weighted by molar-refractivity contribution is 6.05. The fourth-order valence-corrected chi connectivity index (χ4v) is 2.21. The number of aromatic hydroxyl groups is 1. The molecule has 0 heterocycles. The maximum atomic E-state index is 10.9. The lowest BCUT2D eigenvalue weighted by atomic mass is 10.0. The molecule has 0 unspecified atom stereocenters. The van der Waals surface area contributed by atoms with Crippen LogP contribution in [-0.4, -0.2) is 38.3 Å². The van der Waals surface area contributed by atoms with Crippen LogP contribution < -0.4 is 0 Å². The first-order chi connectivity index (χ1) is 12.3. The maximum Gasteiger partial charge on any atom is 0.336 e. The van der Waals surface area contributed by atoms with Crippen LogP contribution >= 0.6 is 0 Å². The standard InChI is InChI=1S/C12H8O4.C7H6O3/c13-11(14)8-4-5-9-7(6-8)2-1-3-10(9)12(15)16;8-6-3-1-5(2-4-6)7(9)10/h1-6H,(H,13,14)(H,15,16);1-4,8H,(H,9,10). The number of carboxylic acid groups (broad SMARTS) is 3. The predicted molar refractivity (Wildman–Crippen MR) is 92.9 cm³/mol. The number of aromatic carboxylic acids is 3. The number of carboxylic acids is 3. The largest absolute Gasteiger partial charge is 0.508 e. The summed E-state index contributed by atoms with van der Waals surface area (Å²) in [6, 6.07) is 14.5. The summed E-state index contributed by atoms with van der Waals surface area (Å²) in [6.45, 7) is 0. The molecule has 0 fully saturated rings. The Bertz CT molecular complexity index is 975. The van der Waals surface area contributed by atoms with Gasteiger partial charge in [-0.3, -0.25) is 0 Å². The van der Waals surface area contributed by atoms with Crippen LogP contribution in [-0.2, 0) is 0 Å². The zero-order valence-corrected chi connectivity index (χ0v) is 13.3. The normalized spacial score (nSPS) is 9.85. The lowest BCUT2D eigenvalue weighted by Crippen LogP contribution is -1.99. The van der Waals surface area contributed by atoms with E-state index in [2.05, 4.69) is 0 Å². The molecule has 0 aliphatic carbocycles. The number of carbonyl (C=O) groups is 3. The van der Waals surface area contributed by atoms with Crippen LogP contribution in [0.25, 0.3) is 10.8 Å². The Kier molecular flexibility index (Phi) is 5.54. The van der Waals surface area contributed by atoms with E-state index in [9.17, 15) is 14.4 Å². The van der Waals surface area contributed by atoms with Gasteiger partial charge < -0.3 is 20.4 Å². The Balaban J connectivity index is 0.000000209. The van der Waals surface area contributed by atoms with Crippen LogP contribution in [0.3, 0.4) is 0 Å². The SMILES string of the molecule is O=C(O)c1ccc(O)cc1.O=C(O)c1ccc2c(C(=O)O)cccc2c1. The van der Waals surface area contributed by atoms with E-state index in [4.69, 9.17) is 20.4 Å². The minimum absolute atomic E-state index is 0.0741. The third-order valence-electron chi connectivity index (χ3n) is 3.47. The fraction of sp³-hybridized carbons (Fsp3) is 0. The van der Waals surface area contributed by atoms with Gasteiger partial charge in [-0.2, -0.15) is 0 Å². The van der Waals surface area contributed by atoms with Gasteiger partial charge in [0.2, 0.25) is 0 Å². The van der Waals surface area contributed by atoms with E-state index < -0.39 is 17.9 Å². The molecule has 7 nitrogen and oxygen atoms in total. The first kappa shape index (κ1) is 18.5. The van der Waals surface area contributed by atoms with Gasteiger partial charge in [-0.1, -0.05) is 18.2 Å². The molecule has 3 rings (SSSR count). The molecule has 0 radical (unpaired) electrons. The summed E-state index contributed by atoms with van der Waals surface area (Å²) in [7, 11) is 0. The molecule has 0 amide bonds. The van der Waals surface area contributed by atoms with Crippen LogP contribution in [0.5, 0.6) is 5.75 Å². The van der Waals surface area contributed by atoms with Gasteiger partial charge in [-0.25, -0.2) is 14.4 Å². The Morgan fingerprint density at radius 1 is 0.654 bits per heavy atom. The molecular formula is C19H14O7. The zero-order chi connectivity index (χ0) is 19.3. The molecule has 0 spiro atoms. The van der Waals surface area contributed by atoms with Crippen LogP contribution in [0, 0.1) is 0 Å². The van der Waals surface area contributed by atoms with Gasteiger partial charge in [0.1, 0.15) is 5.75 Å². The topological polar surface area (TPSA) is 132 Å². The van der Waals surface area contributed by atoms with Crippen molar-refractivity contribution in [2.75, 3.05) is 0 Å². The van der Waals surface area contributed by atoms with Crippen LogP contribution in [0.1, 0.15) is 31.1 Å². The molecule has 26 heavy (non-hydrogen) atoms. The molecule has 7 heteroatoms. The molecular weight excluding hydrogens is 340 g/mol. The van der Waals surface area contributed by atoms with Crippen molar-refractivity contribution in [3.63, 3.8) is 0 Å². The van der Waals surface area contributed by atoms with Gasteiger partial charge in [-0.15, -0.1) is 0 Å². The van der Waals surface area contributed by atoms with Crippen molar-refractivity contribution >= 4 is 28.7 Å². The number of fused-ring (bicyclic) bond motifs is 1. The first-order valence-electron chi connectivity index (χ1n) is 7.31. The third kappa shape index (κ3) is 4.35. The third-order valence-corrected chi connectivity index (χ3v) is 3.47. The van der Waals surface area contributed by atoms with Crippen molar-refractivity contribution in [2.45, 2.75) is 0 Å². The van der Waals surface area contributed by atoms with E-state index in [1.807, 2.05) is 0 Å². The van der Waals surface area contributed by atoms with Crippen molar-refractivity contribution in [3.8, 4) is 5.75 Å². The highest BCUT2D eigenvalue weighted by Gasteiger charge is 2.09. The molecule has 3 aromatic carbocycles. The second kappa shape index (κ2) is 7.80. The minimum Gasteiger partial charge on any atom is -0.508 e. The van der Waals surface area contributed by atoms with E-state index in [1.165, 1.54) is 48.5 Å². The molecule has 0 saturated heterocycles. The lowest BCUT2D eigenvalue weighted by Gasteiger charge is -2.03. The Morgan fingerprint density at radius 2 is 1.23 bits per heavy atom. The zero-order valence-electron chi connectivity index (χ0n) is 13.3. The number of benzene rings is 3. The van der Waals surface area contributed by atoms with Gasteiger partial charge in [0.25, 0.3) is 0 Å². The highest BCUT2D eigenvalue weighted by Crippen LogP contribution is 2.20. The molecule has 0 aromatic heterocycles. The quantitative estimate of drug-likeness (QED) is 0.567. The maximum absolute atomic E-state index is 10.9. The molecule has 0 bridgehead atoms. The summed E-state index contributed by atoms with van der Waals surface area (Å²) in [4.78, 5) is 31.9. The first-order valence-corrected chi connectivity index (χ1v) is 7.31. The van der Waals surface area contributed by atoms with E-state index >= 15 is 0 Å². The second-order valence-corrected chi connectivity index (χ2v) is 5.20. The van der Waals surface area contributed by atoms with Gasteiger partial charge in [-0.05, 0) is 53.2 Å². The van der Waals surface area contributed by atoms with Crippen molar-refractivity contribution in [2.24, 2.45) is 0 Å². The molecule has 0 atom stereocenters. The summed E-state index contributed by atoms with van der Waals surface area (Å²) in [5.74, 6) is -2.96. The molecule has 0 aliphatic heterocycles. The van der Waals surface area contributed by atoms with Gasteiger partial charge >= 0.3 is 17.9 Å². The van der Waals surface area contributed by atoms with Gasteiger partial charge in [0, 0.05) is 0 Å². The van der Waals surface area contributed by atoms with Crippen LogP contribution in [0.2, 0.25) is 0 Å². The lowest BCUT2D eigenvalue weighted by molar-refractivity contribution is 0.0686. The number of hydrogen-bond donors (Lipinski definition) is 4. The number of rotatable bonds is 3. The number of phenolic OH excluding ortho intramolecular Hbond substituents is 1. The summed E-state index contributed by atoms with van der Waals surface area (Å²) in [5.41, 5.74) is 0.502. The molecule has 132 valence electrons. The fourth-order valence-electron chi connectivity index (χ4n) is 2.21. The van der Waals surface area contributed by atoms with Crippen molar-refractivity contribution < 1.29 is 34.8 Å². The van der Waals surface area contributed by atoms with E-state index in [0.717, 1.165) is 0 Å². The Labute approximate surface area is 147 Å². The highest BCUT2D eigenvalue weighted by atomic mass is 16.4. The molecule has 4 N–H and O–H groups in total. The predicted octanol–water partition coefficient (Wildman–Crippen LogP) is 3.33. The van der Waals surface area contributed by atoms with E-state index in [1.54, 1.807) is 12.1 Å². The second-order valence-electron chi connectivity index (χ2n) is 5.20. The summed E-state index contributed by atoms with van der Waals surface area (Å²) in [6.07, 6.45) is 0. The molecule has 0 aliphatic rings. The van der Waals surface area contributed by atoms with Crippen LogP contribution in [0.15, 0.2) is 60.7 Å². The average molecular weight is 354 g/mol. The Morgan fingerprint density at radius 3 is 1.77 bits per heavy atom. The minimum atomic E-state index is -1.03. The summed E-state index contributed by atoms with van der Waals surface area (Å²) in [5, 5.41) is 36.0. The van der Waals surface area contributed by atoms with Crippen LogP contribution in [0.4, 0.5) is 0 Å². The van der Waals surface area contributed by atoms with E-state index in [-0.39, 0.29) is 22.4 Å². The Hall–Kier alpha value is -3.87. The van der Waals surface area contributed by atoms with Crippen molar-refractivity contribution in [3.05, 3.63) is 77.4 Å². The average Bonchev–Trinajstić information content (AvgIpc) is 2.61. The number of phenols is 1. The summed E-state index contributed by atoms with van der Waals surface area (Å²) < 4.78 is 0. The molecule has 0 saturated carbocycles. The van der Waals surface area contributed by atoms with E-state index in [0.29, 0.717) is 10.8 Å². The van der Waals surface area contributed by atoms with Crippen molar-refractivity contribution in [1.82, 2.24) is 0 Å². The van der Waals surface area contributed by atoms with Crippen molar-refractivity contribution in [1.29, 1.82) is 0 Å². The van der Waals surface area contributed by atoms with Gasteiger partial charge in [0.15, 0.2) is 0 Å².